The molecule has 0 saturated carbocycles. The van der Waals surface area contributed by atoms with Crippen LogP contribution in [0.2, 0.25) is 19.6 Å². The van der Waals surface area contributed by atoms with E-state index in [1.165, 1.54) is 5.19 Å². The van der Waals surface area contributed by atoms with E-state index in [9.17, 15) is 0 Å². The quantitative estimate of drug-likeness (QED) is 0.155. The Kier molecular flexibility index (Phi) is 8.13. The predicted octanol–water partition coefficient (Wildman–Crippen LogP) is 12.3. The molecule has 9 aromatic rings. The molecule has 0 bridgehead atoms. The number of fused-ring (bicyclic) bond motifs is 3. The summed E-state index contributed by atoms with van der Waals surface area (Å²) in [4.78, 5) is 15.2. The van der Waals surface area contributed by atoms with E-state index < -0.39 is 8.07 Å². The maximum atomic E-state index is 7.15. The smallest absolute Gasteiger partial charge is 0.167 e. The van der Waals surface area contributed by atoms with Gasteiger partial charge in [0.25, 0.3) is 0 Å². The first-order valence-corrected chi connectivity index (χ1v) is 21.5. The molecule has 0 aliphatic rings. The van der Waals surface area contributed by atoms with E-state index in [4.69, 9.17) is 19.4 Å². The highest BCUT2D eigenvalue weighted by atomic mass is 28.3. The molecular formula is C48H37N3OSi. The van der Waals surface area contributed by atoms with Crippen molar-refractivity contribution in [2.75, 3.05) is 0 Å². The maximum Gasteiger partial charge on any atom is 0.167 e. The van der Waals surface area contributed by atoms with Gasteiger partial charge in [-0.3, -0.25) is 0 Å². The molecule has 0 spiro atoms. The molecule has 0 aliphatic heterocycles. The lowest BCUT2D eigenvalue weighted by molar-refractivity contribution is 0.670. The Morgan fingerprint density at radius 2 is 0.849 bits per heavy atom. The predicted molar refractivity (Wildman–Crippen MR) is 223 cm³/mol. The lowest BCUT2D eigenvalue weighted by Gasteiger charge is -2.17. The summed E-state index contributed by atoms with van der Waals surface area (Å²) < 4.78 is 7.15. The van der Waals surface area contributed by atoms with E-state index in [-0.39, 0.29) is 0 Å². The Labute approximate surface area is 310 Å². The average Bonchev–Trinajstić information content (AvgIpc) is 3.61. The van der Waals surface area contributed by atoms with E-state index in [0.29, 0.717) is 17.5 Å². The third-order valence-corrected chi connectivity index (χ3v) is 12.0. The van der Waals surface area contributed by atoms with Gasteiger partial charge in [0, 0.05) is 27.5 Å². The molecule has 0 fully saturated rings. The summed E-state index contributed by atoms with van der Waals surface area (Å²) in [5, 5.41) is 3.51. The summed E-state index contributed by atoms with van der Waals surface area (Å²) >= 11 is 0. The molecule has 254 valence electrons. The lowest BCUT2D eigenvalue weighted by Crippen LogP contribution is -2.37. The number of aromatic nitrogens is 3. The zero-order valence-electron chi connectivity index (χ0n) is 29.9. The Hall–Kier alpha value is -6.43. The van der Waals surface area contributed by atoms with E-state index in [1.54, 1.807) is 0 Å². The minimum Gasteiger partial charge on any atom is -0.455 e. The number of furan rings is 1. The van der Waals surface area contributed by atoms with Crippen molar-refractivity contribution in [1.82, 2.24) is 15.0 Å². The number of nitrogens with zero attached hydrogens (tertiary/aromatic N) is 3. The van der Waals surface area contributed by atoms with Crippen molar-refractivity contribution < 1.29 is 4.42 Å². The summed E-state index contributed by atoms with van der Waals surface area (Å²) in [6.45, 7) is 7.16. The van der Waals surface area contributed by atoms with Gasteiger partial charge in [0.2, 0.25) is 0 Å². The zero-order chi connectivity index (χ0) is 35.9. The molecule has 7 aromatic carbocycles. The summed E-state index contributed by atoms with van der Waals surface area (Å²) in [5.41, 5.74) is 10.9. The standard InChI is InChI=1S/C48H37N3OSi/c1-53(2,3)38-26-24-34(25-27-38)39-28-29-40(48-50-46(35-20-12-6-13-21-35)49-47(51-48)36-22-14-7-15-23-36)45-43(39)42-31-37(32-16-8-4-9-17-32)30-41(44(42)52-45)33-18-10-5-11-19-33/h4-31H,1-3H3. The number of hydrogen-bond acceptors (Lipinski definition) is 4. The van der Waals surface area contributed by atoms with Crippen molar-refractivity contribution in [3.8, 4) is 67.5 Å². The van der Waals surface area contributed by atoms with Crippen molar-refractivity contribution in [3.63, 3.8) is 0 Å². The van der Waals surface area contributed by atoms with Gasteiger partial charge >= 0.3 is 0 Å². The maximum absolute atomic E-state index is 7.15. The minimum absolute atomic E-state index is 0.562. The van der Waals surface area contributed by atoms with Crippen LogP contribution in [0.4, 0.5) is 0 Å². The molecule has 0 saturated heterocycles. The van der Waals surface area contributed by atoms with Gasteiger partial charge in [-0.1, -0.05) is 176 Å². The lowest BCUT2D eigenvalue weighted by atomic mass is 9.92. The van der Waals surface area contributed by atoms with E-state index in [2.05, 4.69) is 129 Å². The highest BCUT2D eigenvalue weighted by Crippen LogP contribution is 2.46. The SMILES string of the molecule is C[Si](C)(C)c1ccc(-c2ccc(-c3nc(-c4ccccc4)nc(-c4ccccc4)n3)c3oc4c(-c5ccccc5)cc(-c5ccccc5)cc4c23)cc1. The van der Waals surface area contributed by atoms with Crippen molar-refractivity contribution in [1.29, 1.82) is 0 Å². The summed E-state index contributed by atoms with van der Waals surface area (Å²) in [5.74, 6) is 1.79. The zero-order valence-corrected chi connectivity index (χ0v) is 30.9. The summed E-state index contributed by atoms with van der Waals surface area (Å²) in [6, 6.07) is 59.3. The van der Waals surface area contributed by atoms with E-state index >= 15 is 0 Å². The van der Waals surface area contributed by atoms with Crippen LogP contribution in [0.5, 0.6) is 0 Å². The fourth-order valence-corrected chi connectivity index (χ4v) is 8.27. The summed E-state index contributed by atoms with van der Waals surface area (Å²) in [6.07, 6.45) is 0. The van der Waals surface area contributed by atoms with Gasteiger partial charge < -0.3 is 4.42 Å². The third kappa shape index (κ3) is 6.15. The van der Waals surface area contributed by atoms with Gasteiger partial charge in [-0.15, -0.1) is 0 Å². The Bertz CT molecular complexity index is 2660. The second-order valence-corrected chi connectivity index (χ2v) is 19.5. The van der Waals surface area contributed by atoms with Crippen LogP contribution in [0.1, 0.15) is 0 Å². The minimum atomic E-state index is -1.49. The summed E-state index contributed by atoms with van der Waals surface area (Å²) in [7, 11) is -1.49. The van der Waals surface area contributed by atoms with E-state index in [1.807, 2.05) is 60.7 Å². The van der Waals surface area contributed by atoms with E-state index in [0.717, 1.165) is 72.0 Å². The Morgan fingerprint density at radius 3 is 1.40 bits per heavy atom. The van der Waals surface area contributed by atoms with Gasteiger partial charge in [-0.05, 0) is 46.0 Å². The molecule has 9 rings (SSSR count). The molecule has 0 aliphatic carbocycles. The molecular weight excluding hydrogens is 663 g/mol. The second kappa shape index (κ2) is 13.3. The molecule has 2 aromatic heterocycles. The van der Waals surface area contributed by atoms with Crippen molar-refractivity contribution in [3.05, 3.63) is 170 Å². The van der Waals surface area contributed by atoms with Crippen LogP contribution in [-0.2, 0) is 0 Å². The highest BCUT2D eigenvalue weighted by Gasteiger charge is 2.24. The average molecular weight is 700 g/mol. The van der Waals surface area contributed by atoms with Crippen LogP contribution in [-0.4, -0.2) is 23.0 Å². The first kappa shape index (κ1) is 32.5. The fraction of sp³-hybridized carbons (Fsp3) is 0.0625. The molecule has 4 nitrogen and oxygen atoms in total. The van der Waals surface area contributed by atoms with Crippen molar-refractivity contribution in [2.45, 2.75) is 19.6 Å². The highest BCUT2D eigenvalue weighted by molar-refractivity contribution is 6.88. The third-order valence-electron chi connectivity index (χ3n) is 9.91. The van der Waals surface area contributed by atoms with Gasteiger partial charge in [0.05, 0.1) is 13.6 Å². The number of hydrogen-bond donors (Lipinski definition) is 0. The van der Waals surface area contributed by atoms with Gasteiger partial charge in [-0.2, -0.15) is 0 Å². The number of rotatable bonds is 7. The van der Waals surface area contributed by atoms with Crippen LogP contribution >= 0.6 is 0 Å². The van der Waals surface area contributed by atoms with Crippen LogP contribution in [0.3, 0.4) is 0 Å². The normalized spacial score (nSPS) is 11.7. The largest absolute Gasteiger partial charge is 0.455 e. The van der Waals surface area contributed by atoms with Crippen LogP contribution in [0.25, 0.3) is 89.5 Å². The first-order valence-electron chi connectivity index (χ1n) is 18.0. The number of benzene rings is 7. The molecule has 0 amide bonds. The molecule has 5 heteroatoms. The Morgan fingerprint density at radius 1 is 0.377 bits per heavy atom. The molecule has 0 atom stereocenters. The van der Waals surface area contributed by atoms with Gasteiger partial charge in [-0.25, -0.2) is 15.0 Å². The second-order valence-electron chi connectivity index (χ2n) is 14.5. The van der Waals surface area contributed by atoms with Crippen LogP contribution in [0.15, 0.2) is 174 Å². The van der Waals surface area contributed by atoms with Crippen molar-refractivity contribution >= 4 is 35.2 Å². The molecule has 0 unspecified atom stereocenters. The molecule has 2 heterocycles. The Balaban J connectivity index is 1.38. The first-order chi connectivity index (χ1) is 25.9. The monoisotopic (exact) mass is 699 g/mol. The van der Waals surface area contributed by atoms with Crippen molar-refractivity contribution in [2.24, 2.45) is 0 Å². The topological polar surface area (TPSA) is 51.8 Å². The molecule has 0 N–H and O–H groups in total. The van der Waals surface area contributed by atoms with Gasteiger partial charge in [0.15, 0.2) is 17.5 Å². The molecule has 0 radical (unpaired) electrons. The van der Waals surface area contributed by atoms with Crippen LogP contribution in [0, 0.1) is 0 Å². The van der Waals surface area contributed by atoms with Crippen LogP contribution < -0.4 is 5.19 Å². The molecule has 53 heavy (non-hydrogen) atoms. The van der Waals surface area contributed by atoms with Gasteiger partial charge in [0.1, 0.15) is 11.2 Å². The fourth-order valence-electron chi connectivity index (χ4n) is 7.11.